The first-order valence-electron chi connectivity index (χ1n) is 3.89. The van der Waals surface area contributed by atoms with Crippen LogP contribution in [0.4, 0.5) is 5.69 Å². The third kappa shape index (κ3) is 1.70. The molecule has 1 aromatic carbocycles. The fourth-order valence-electron chi connectivity index (χ4n) is 1.14. The molecule has 0 aliphatic heterocycles. The van der Waals surface area contributed by atoms with E-state index in [2.05, 4.69) is 0 Å². The summed E-state index contributed by atoms with van der Waals surface area (Å²) >= 11 is 0. The van der Waals surface area contributed by atoms with Crippen molar-refractivity contribution in [1.82, 2.24) is 0 Å². The van der Waals surface area contributed by atoms with Crippen LogP contribution in [0.3, 0.4) is 0 Å². The van der Waals surface area contributed by atoms with Crippen LogP contribution in [0.2, 0.25) is 0 Å². The molecule has 0 amide bonds. The van der Waals surface area contributed by atoms with Crippen LogP contribution in [0.1, 0.15) is 16.7 Å². The quantitative estimate of drug-likeness (QED) is 0.564. The Morgan fingerprint density at radius 3 is 2.71 bits per heavy atom. The van der Waals surface area contributed by atoms with Crippen LogP contribution in [0.15, 0.2) is 12.1 Å². The van der Waals surface area contributed by atoms with Crippen molar-refractivity contribution < 1.29 is 10.0 Å². The lowest BCUT2D eigenvalue weighted by Gasteiger charge is -2.03. The lowest BCUT2D eigenvalue weighted by Crippen LogP contribution is -1.97. The number of non-ortho nitro benzene ring substituents is 1. The molecule has 0 saturated carbocycles. The fraction of sp³-hybridized carbons (Fsp3) is 0.222. The van der Waals surface area contributed by atoms with Crippen LogP contribution in [-0.2, 0) is 6.61 Å². The van der Waals surface area contributed by atoms with Crippen molar-refractivity contribution >= 4 is 5.69 Å². The molecule has 0 heterocycles. The highest BCUT2D eigenvalue weighted by Crippen LogP contribution is 2.21. The van der Waals surface area contributed by atoms with E-state index in [9.17, 15) is 10.1 Å². The summed E-state index contributed by atoms with van der Waals surface area (Å²) in [7, 11) is 0. The lowest BCUT2D eigenvalue weighted by molar-refractivity contribution is -0.385. The van der Waals surface area contributed by atoms with Gasteiger partial charge < -0.3 is 5.11 Å². The first kappa shape index (κ1) is 10.2. The van der Waals surface area contributed by atoms with E-state index in [1.165, 1.54) is 12.1 Å². The summed E-state index contributed by atoms with van der Waals surface area (Å²) in [4.78, 5) is 9.88. The minimum Gasteiger partial charge on any atom is -0.392 e. The molecule has 5 heteroatoms. The van der Waals surface area contributed by atoms with E-state index >= 15 is 0 Å². The highest BCUT2D eigenvalue weighted by Gasteiger charge is 2.12. The Balaban J connectivity index is 3.41. The number of nitro groups is 1. The van der Waals surface area contributed by atoms with E-state index in [0.717, 1.165) is 0 Å². The Morgan fingerprint density at radius 2 is 2.29 bits per heavy atom. The van der Waals surface area contributed by atoms with Crippen molar-refractivity contribution in [3.05, 3.63) is 38.9 Å². The second kappa shape index (κ2) is 3.85. The van der Waals surface area contributed by atoms with Gasteiger partial charge in [-0.25, -0.2) is 0 Å². The van der Waals surface area contributed by atoms with Crippen molar-refractivity contribution in [2.24, 2.45) is 0 Å². The molecular weight excluding hydrogens is 184 g/mol. The molecule has 1 rings (SSSR count). The Morgan fingerprint density at radius 1 is 1.64 bits per heavy atom. The zero-order valence-electron chi connectivity index (χ0n) is 7.52. The van der Waals surface area contributed by atoms with Gasteiger partial charge in [0, 0.05) is 12.1 Å². The van der Waals surface area contributed by atoms with Crippen LogP contribution in [-0.4, -0.2) is 10.0 Å². The number of rotatable bonds is 2. The summed E-state index contributed by atoms with van der Waals surface area (Å²) in [5, 5.41) is 28.1. The molecule has 0 aliphatic carbocycles. The third-order valence-corrected chi connectivity index (χ3v) is 2.00. The number of nitro benzene ring substituents is 1. The van der Waals surface area contributed by atoms with Crippen LogP contribution in [0, 0.1) is 28.4 Å². The van der Waals surface area contributed by atoms with Crippen LogP contribution in [0.25, 0.3) is 0 Å². The average Bonchev–Trinajstić information content (AvgIpc) is 2.17. The number of aliphatic hydroxyl groups is 1. The number of aliphatic hydroxyl groups excluding tert-OH is 1. The Labute approximate surface area is 80.4 Å². The predicted molar refractivity (Wildman–Crippen MR) is 48.5 cm³/mol. The molecule has 0 unspecified atom stereocenters. The molecule has 0 radical (unpaired) electrons. The maximum Gasteiger partial charge on any atom is 0.271 e. The van der Waals surface area contributed by atoms with Gasteiger partial charge in [-0.3, -0.25) is 10.1 Å². The van der Waals surface area contributed by atoms with Gasteiger partial charge in [-0.15, -0.1) is 0 Å². The van der Waals surface area contributed by atoms with Gasteiger partial charge in [-0.05, 0) is 18.1 Å². The normalized spacial score (nSPS) is 9.50. The highest BCUT2D eigenvalue weighted by molar-refractivity contribution is 5.50. The minimum atomic E-state index is -0.584. The molecule has 14 heavy (non-hydrogen) atoms. The monoisotopic (exact) mass is 192 g/mol. The van der Waals surface area contributed by atoms with E-state index in [1.54, 1.807) is 6.92 Å². The van der Waals surface area contributed by atoms with Gasteiger partial charge in [-0.1, -0.05) is 0 Å². The van der Waals surface area contributed by atoms with E-state index in [0.29, 0.717) is 11.1 Å². The average molecular weight is 192 g/mol. The van der Waals surface area contributed by atoms with Crippen molar-refractivity contribution in [2.75, 3.05) is 0 Å². The molecule has 0 aromatic heterocycles. The van der Waals surface area contributed by atoms with Crippen LogP contribution in [0.5, 0.6) is 0 Å². The van der Waals surface area contributed by atoms with Crippen molar-refractivity contribution in [2.45, 2.75) is 13.5 Å². The molecule has 5 nitrogen and oxygen atoms in total. The Hall–Kier alpha value is -1.93. The first-order valence-corrected chi connectivity index (χ1v) is 3.89. The van der Waals surface area contributed by atoms with Gasteiger partial charge in [0.1, 0.15) is 0 Å². The zero-order valence-corrected chi connectivity index (χ0v) is 7.52. The second-order valence-corrected chi connectivity index (χ2v) is 2.80. The summed E-state index contributed by atoms with van der Waals surface area (Å²) in [6.45, 7) is 1.34. The van der Waals surface area contributed by atoms with E-state index in [4.69, 9.17) is 10.4 Å². The summed E-state index contributed by atoms with van der Waals surface area (Å²) in [5.41, 5.74) is 1.05. The molecule has 0 fully saturated rings. The summed E-state index contributed by atoms with van der Waals surface area (Å²) < 4.78 is 0. The summed E-state index contributed by atoms with van der Waals surface area (Å²) in [6.07, 6.45) is 0. The number of nitrogens with zero attached hydrogens (tertiary/aromatic N) is 2. The molecule has 0 atom stereocenters. The van der Waals surface area contributed by atoms with E-state index in [-0.39, 0.29) is 17.9 Å². The smallest absolute Gasteiger partial charge is 0.271 e. The maximum atomic E-state index is 10.5. The van der Waals surface area contributed by atoms with Gasteiger partial charge in [0.15, 0.2) is 0 Å². The molecule has 0 spiro atoms. The SMILES string of the molecule is Cc1c(C#N)cc([N+](=O)[O-])cc1CO. The summed E-state index contributed by atoms with van der Waals surface area (Å²) in [5.74, 6) is 0. The largest absolute Gasteiger partial charge is 0.392 e. The number of hydrogen-bond acceptors (Lipinski definition) is 4. The minimum absolute atomic E-state index is 0.170. The topological polar surface area (TPSA) is 87.2 Å². The fourth-order valence-corrected chi connectivity index (χ4v) is 1.14. The molecule has 1 N–H and O–H groups in total. The number of benzene rings is 1. The van der Waals surface area contributed by atoms with Crippen LogP contribution >= 0.6 is 0 Å². The standard InChI is InChI=1S/C9H8N2O3/c1-6-7(4-10)2-9(11(13)14)3-8(6)5-12/h2-3,12H,5H2,1H3. The van der Waals surface area contributed by atoms with E-state index < -0.39 is 4.92 Å². The van der Waals surface area contributed by atoms with Gasteiger partial charge in [0.2, 0.25) is 0 Å². The van der Waals surface area contributed by atoms with E-state index in [1.807, 2.05) is 6.07 Å². The Bertz CT molecular complexity index is 421. The second-order valence-electron chi connectivity index (χ2n) is 2.80. The molecule has 0 aliphatic rings. The van der Waals surface area contributed by atoms with Crippen molar-refractivity contribution in [3.8, 4) is 6.07 Å². The predicted octanol–water partition coefficient (Wildman–Crippen LogP) is 1.27. The Kier molecular flexibility index (Phi) is 2.79. The van der Waals surface area contributed by atoms with Crippen LogP contribution < -0.4 is 0 Å². The molecule has 72 valence electrons. The maximum absolute atomic E-state index is 10.5. The molecule has 0 bridgehead atoms. The first-order chi connectivity index (χ1) is 6.60. The van der Waals surface area contributed by atoms with Crippen molar-refractivity contribution in [1.29, 1.82) is 5.26 Å². The van der Waals surface area contributed by atoms with Gasteiger partial charge in [0.25, 0.3) is 5.69 Å². The van der Waals surface area contributed by atoms with Gasteiger partial charge in [-0.2, -0.15) is 5.26 Å². The van der Waals surface area contributed by atoms with Gasteiger partial charge in [0.05, 0.1) is 23.2 Å². The number of hydrogen-bond donors (Lipinski definition) is 1. The molecular formula is C9H8N2O3. The lowest BCUT2D eigenvalue weighted by atomic mass is 10.0. The molecule has 0 saturated heterocycles. The third-order valence-electron chi connectivity index (χ3n) is 2.00. The molecule has 1 aromatic rings. The van der Waals surface area contributed by atoms with Crippen molar-refractivity contribution in [3.63, 3.8) is 0 Å². The zero-order chi connectivity index (χ0) is 10.7. The number of nitriles is 1. The van der Waals surface area contributed by atoms with Gasteiger partial charge >= 0.3 is 0 Å². The summed E-state index contributed by atoms with van der Waals surface area (Å²) in [6, 6.07) is 4.33. The highest BCUT2D eigenvalue weighted by atomic mass is 16.6.